The van der Waals surface area contributed by atoms with Gasteiger partial charge in [-0.15, -0.1) is 0 Å². The van der Waals surface area contributed by atoms with Crippen molar-refractivity contribution < 1.29 is 28.4 Å². The second kappa shape index (κ2) is 20.0. The maximum absolute atomic E-state index is 5.74. The minimum absolute atomic E-state index is 0.130. The molecule has 0 saturated heterocycles. The van der Waals surface area contributed by atoms with Gasteiger partial charge in [0.25, 0.3) is 0 Å². The zero-order valence-corrected chi connectivity index (χ0v) is 19.1. The van der Waals surface area contributed by atoms with E-state index in [9.17, 15) is 0 Å². The Hall–Kier alpha value is -0.280. The van der Waals surface area contributed by atoms with Crippen molar-refractivity contribution in [1.29, 1.82) is 0 Å². The van der Waals surface area contributed by atoms with Crippen LogP contribution >= 0.6 is 0 Å². The molecule has 0 N–H and O–H groups in total. The van der Waals surface area contributed by atoms with Crippen molar-refractivity contribution >= 4 is 0 Å². The molecule has 170 valence electrons. The lowest BCUT2D eigenvalue weighted by molar-refractivity contribution is -0.0256. The topological polar surface area (TPSA) is 58.6 Å². The SMILES string of the molecule is CCOC(C)COCCN(CCOCC(C)OCC)CCOCC(C)OCC. The highest BCUT2D eigenvalue weighted by Gasteiger charge is 2.09. The van der Waals surface area contributed by atoms with Crippen LogP contribution in [0.5, 0.6) is 0 Å². The van der Waals surface area contributed by atoms with Crippen molar-refractivity contribution in [3.8, 4) is 0 Å². The van der Waals surface area contributed by atoms with E-state index in [4.69, 9.17) is 28.4 Å². The van der Waals surface area contributed by atoms with Gasteiger partial charge in [-0.05, 0) is 41.5 Å². The molecule has 0 bridgehead atoms. The van der Waals surface area contributed by atoms with Crippen molar-refractivity contribution in [2.75, 3.05) is 79.1 Å². The van der Waals surface area contributed by atoms with Crippen LogP contribution in [0.4, 0.5) is 0 Å². The van der Waals surface area contributed by atoms with E-state index in [0.717, 1.165) is 19.6 Å². The van der Waals surface area contributed by atoms with E-state index < -0.39 is 0 Å². The first kappa shape index (κ1) is 27.7. The molecule has 0 aliphatic carbocycles. The quantitative estimate of drug-likeness (QED) is 0.271. The highest BCUT2D eigenvalue weighted by atomic mass is 16.5. The predicted molar refractivity (Wildman–Crippen MR) is 112 cm³/mol. The first-order valence-electron chi connectivity index (χ1n) is 10.8. The molecule has 0 aromatic heterocycles. The predicted octanol–water partition coefficient (Wildman–Crippen LogP) is 2.61. The molecule has 7 nitrogen and oxygen atoms in total. The molecule has 0 aliphatic heterocycles. The second-order valence-corrected chi connectivity index (χ2v) is 6.86. The van der Waals surface area contributed by atoms with Crippen LogP contribution in [0.25, 0.3) is 0 Å². The van der Waals surface area contributed by atoms with Gasteiger partial charge in [-0.1, -0.05) is 0 Å². The fourth-order valence-corrected chi connectivity index (χ4v) is 2.66. The lowest BCUT2D eigenvalue weighted by Crippen LogP contribution is -2.35. The van der Waals surface area contributed by atoms with Crippen LogP contribution in [-0.2, 0) is 28.4 Å². The Kier molecular flexibility index (Phi) is 19.8. The van der Waals surface area contributed by atoms with Crippen LogP contribution in [0.2, 0.25) is 0 Å². The molecule has 0 saturated carbocycles. The molecular weight excluding hydrogens is 362 g/mol. The monoisotopic (exact) mass is 407 g/mol. The Morgan fingerprint density at radius 1 is 0.536 bits per heavy atom. The molecule has 28 heavy (non-hydrogen) atoms. The van der Waals surface area contributed by atoms with E-state index >= 15 is 0 Å². The van der Waals surface area contributed by atoms with Gasteiger partial charge in [0.05, 0.1) is 58.0 Å². The average Bonchev–Trinajstić information content (AvgIpc) is 2.65. The Morgan fingerprint density at radius 2 is 0.821 bits per heavy atom. The van der Waals surface area contributed by atoms with Gasteiger partial charge in [-0.3, -0.25) is 4.90 Å². The van der Waals surface area contributed by atoms with E-state index in [0.29, 0.717) is 59.5 Å². The number of hydrogen-bond acceptors (Lipinski definition) is 7. The van der Waals surface area contributed by atoms with E-state index in [1.807, 2.05) is 41.5 Å². The van der Waals surface area contributed by atoms with E-state index in [1.54, 1.807) is 0 Å². The minimum Gasteiger partial charge on any atom is -0.377 e. The molecule has 7 heteroatoms. The van der Waals surface area contributed by atoms with E-state index in [-0.39, 0.29) is 18.3 Å². The van der Waals surface area contributed by atoms with Gasteiger partial charge < -0.3 is 28.4 Å². The van der Waals surface area contributed by atoms with E-state index in [1.165, 1.54) is 0 Å². The molecule has 0 aliphatic rings. The van der Waals surface area contributed by atoms with Gasteiger partial charge in [0.1, 0.15) is 0 Å². The molecule has 0 heterocycles. The summed E-state index contributed by atoms with van der Waals surface area (Å²) in [6.07, 6.45) is 0.390. The number of ether oxygens (including phenoxy) is 6. The smallest absolute Gasteiger partial charge is 0.0780 e. The molecule has 3 atom stereocenters. The van der Waals surface area contributed by atoms with Crippen LogP contribution in [0, 0.1) is 0 Å². The second-order valence-electron chi connectivity index (χ2n) is 6.86. The molecule has 0 aromatic carbocycles. The van der Waals surface area contributed by atoms with Crippen molar-refractivity contribution in [3.63, 3.8) is 0 Å². The van der Waals surface area contributed by atoms with Gasteiger partial charge >= 0.3 is 0 Å². The summed E-state index contributed by atoms with van der Waals surface area (Å²) in [5.41, 5.74) is 0. The maximum Gasteiger partial charge on any atom is 0.0780 e. The Balaban J connectivity index is 4.07. The van der Waals surface area contributed by atoms with Gasteiger partial charge in [0, 0.05) is 39.5 Å². The standard InChI is InChI=1S/C21H45NO6/c1-7-26-19(4)16-23-13-10-22(11-14-24-17-20(5)27-8-2)12-15-25-18-21(6)28-9-3/h19-21H,7-18H2,1-6H3. The molecule has 0 radical (unpaired) electrons. The summed E-state index contributed by atoms with van der Waals surface area (Å²) in [7, 11) is 0. The fourth-order valence-electron chi connectivity index (χ4n) is 2.66. The van der Waals surface area contributed by atoms with Crippen molar-refractivity contribution in [3.05, 3.63) is 0 Å². The van der Waals surface area contributed by atoms with Crippen LogP contribution in [-0.4, -0.2) is 102 Å². The number of hydrogen-bond donors (Lipinski definition) is 0. The molecule has 0 amide bonds. The van der Waals surface area contributed by atoms with Crippen LogP contribution < -0.4 is 0 Å². The molecule has 0 fully saturated rings. The van der Waals surface area contributed by atoms with Crippen LogP contribution in [0.3, 0.4) is 0 Å². The zero-order chi connectivity index (χ0) is 21.0. The highest BCUT2D eigenvalue weighted by Crippen LogP contribution is 1.97. The van der Waals surface area contributed by atoms with Crippen molar-refractivity contribution in [2.24, 2.45) is 0 Å². The normalized spacial score (nSPS) is 15.1. The fraction of sp³-hybridized carbons (Fsp3) is 1.00. The van der Waals surface area contributed by atoms with Crippen molar-refractivity contribution in [2.45, 2.75) is 59.9 Å². The van der Waals surface area contributed by atoms with Crippen molar-refractivity contribution in [1.82, 2.24) is 4.90 Å². The molecule has 0 spiro atoms. The highest BCUT2D eigenvalue weighted by molar-refractivity contribution is 4.59. The summed E-state index contributed by atoms with van der Waals surface area (Å²) in [5.74, 6) is 0. The van der Waals surface area contributed by atoms with Crippen LogP contribution in [0.15, 0.2) is 0 Å². The molecule has 0 aromatic rings. The maximum atomic E-state index is 5.74. The first-order valence-corrected chi connectivity index (χ1v) is 10.8. The largest absolute Gasteiger partial charge is 0.377 e. The molecular formula is C21H45NO6. The third-order valence-electron chi connectivity index (χ3n) is 4.07. The summed E-state index contributed by atoms with van der Waals surface area (Å²) in [6.45, 7) is 20.6. The summed E-state index contributed by atoms with van der Waals surface area (Å²) in [6, 6.07) is 0. The van der Waals surface area contributed by atoms with Gasteiger partial charge in [0.15, 0.2) is 0 Å². The van der Waals surface area contributed by atoms with Gasteiger partial charge in [-0.2, -0.15) is 0 Å². The zero-order valence-electron chi connectivity index (χ0n) is 19.1. The van der Waals surface area contributed by atoms with Gasteiger partial charge in [0.2, 0.25) is 0 Å². The third-order valence-corrected chi connectivity index (χ3v) is 4.07. The number of nitrogens with zero attached hydrogens (tertiary/aromatic N) is 1. The van der Waals surface area contributed by atoms with E-state index in [2.05, 4.69) is 4.90 Å². The van der Waals surface area contributed by atoms with Crippen LogP contribution in [0.1, 0.15) is 41.5 Å². The molecule has 3 unspecified atom stereocenters. The minimum atomic E-state index is 0.130. The summed E-state index contributed by atoms with van der Waals surface area (Å²) >= 11 is 0. The summed E-state index contributed by atoms with van der Waals surface area (Å²) in [4.78, 5) is 2.31. The summed E-state index contributed by atoms with van der Waals surface area (Å²) in [5, 5.41) is 0. The lowest BCUT2D eigenvalue weighted by atomic mass is 10.4. The van der Waals surface area contributed by atoms with Gasteiger partial charge in [-0.25, -0.2) is 0 Å². The first-order chi connectivity index (χ1) is 13.5. The Bertz CT molecular complexity index is 274. The molecule has 0 rings (SSSR count). The number of rotatable bonds is 21. The Morgan fingerprint density at radius 3 is 1.07 bits per heavy atom. The third kappa shape index (κ3) is 17.8. The average molecular weight is 408 g/mol. The lowest BCUT2D eigenvalue weighted by Gasteiger charge is -2.23. The summed E-state index contributed by atoms with van der Waals surface area (Å²) < 4.78 is 33.7. The Labute approximate surface area is 172 Å².